The lowest BCUT2D eigenvalue weighted by Crippen LogP contribution is -2.05. The van der Waals surface area contributed by atoms with Crippen LogP contribution < -0.4 is 5.32 Å². The number of carbonyl (C=O) groups excluding carboxylic acids is 1. The molecule has 1 aromatic heterocycles. The fourth-order valence-electron chi connectivity index (χ4n) is 1.94. The van der Waals surface area contributed by atoms with Gasteiger partial charge in [0, 0.05) is 12.5 Å². The smallest absolute Gasteiger partial charge is 0.227 e. The Balaban J connectivity index is 2.13. The van der Waals surface area contributed by atoms with Crippen LogP contribution in [0.5, 0.6) is 0 Å². The predicted molar refractivity (Wildman–Crippen MR) is 73.7 cm³/mol. The van der Waals surface area contributed by atoms with Crippen molar-refractivity contribution in [2.24, 2.45) is 0 Å². The highest BCUT2D eigenvalue weighted by Gasteiger charge is 2.11. The molecule has 0 aliphatic heterocycles. The van der Waals surface area contributed by atoms with Crippen molar-refractivity contribution in [1.29, 1.82) is 0 Å². The van der Waals surface area contributed by atoms with Gasteiger partial charge < -0.3 is 9.73 Å². The van der Waals surface area contributed by atoms with E-state index >= 15 is 0 Å². The molecule has 3 aromatic rings. The lowest BCUT2D eigenvalue weighted by molar-refractivity contribution is -0.114. The summed E-state index contributed by atoms with van der Waals surface area (Å²) in [5.74, 6) is 0.415. The van der Waals surface area contributed by atoms with Crippen LogP contribution in [0.1, 0.15) is 6.92 Å². The maximum absolute atomic E-state index is 11.2. The molecule has 0 saturated carbocycles. The van der Waals surface area contributed by atoms with Crippen LogP contribution in [0.4, 0.5) is 5.69 Å². The summed E-state index contributed by atoms with van der Waals surface area (Å²) in [5.41, 5.74) is 2.87. The normalized spacial score (nSPS) is 10.6. The van der Waals surface area contributed by atoms with E-state index in [2.05, 4.69) is 10.3 Å². The molecular formula is C15H12N2O2. The Kier molecular flexibility index (Phi) is 2.76. The quantitative estimate of drug-likeness (QED) is 0.760. The van der Waals surface area contributed by atoms with Gasteiger partial charge in [-0.1, -0.05) is 24.3 Å². The second-order valence-electron chi connectivity index (χ2n) is 4.22. The molecule has 2 aromatic carbocycles. The summed E-state index contributed by atoms with van der Waals surface area (Å²) < 4.78 is 5.76. The van der Waals surface area contributed by atoms with Gasteiger partial charge in [0.25, 0.3) is 0 Å². The highest BCUT2D eigenvalue weighted by molar-refractivity contribution is 5.98. The Morgan fingerprint density at radius 2 is 1.89 bits per heavy atom. The molecule has 1 N–H and O–H groups in total. The second-order valence-corrected chi connectivity index (χ2v) is 4.22. The third-order valence-electron chi connectivity index (χ3n) is 2.75. The Morgan fingerprint density at radius 1 is 1.11 bits per heavy atom. The Bertz CT molecular complexity index is 732. The molecule has 0 unspecified atom stereocenters. The van der Waals surface area contributed by atoms with Gasteiger partial charge in [-0.3, -0.25) is 4.79 Å². The fraction of sp³-hybridized carbons (Fsp3) is 0.0667. The monoisotopic (exact) mass is 252 g/mol. The Morgan fingerprint density at radius 3 is 2.63 bits per heavy atom. The first-order valence-corrected chi connectivity index (χ1v) is 5.96. The van der Waals surface area contributed by atoms with E-state index < -0.39 is 0 Å². The first kappa shape index (κ1) is 11.5. The molecule has 0 bridgehead atoms. The standard InChI is InChI=1S/C15H12N2O2/c1-10(18)16-12-8-5-9-13-14(12)19-15(17-13)11-6-3-2-4-7-11/h2-9H,1H3,(H,16,18). The van der Waals surface area contributed by atoms with E-state index in [4.69, 9.17) is 4.42 Å². The minimum absolute atomic E-state index is 0.134. The number of benzene rings is 2. The number of oxazole rings is 1. The third kappa shape index (κ3) is 2.20. The molecule has 4 nitrogen and oxygen atoms in total. The van der Waals surface area contributed by atoms with Gasteiger partial charge in [-0.2, -0.15) is 0 Å². The highest BCUT2D eigenvalue weighted by Crippen LogP contribution is 2.28. The minimum Gasteiger partial charge on any atom is -0.434 e. The topological polar surface area (TPSA) is 55.1 Å². The maximum Gasteiger partial charge on any atom is 0.227 e. The number of nitrogens with zero attached hydrogens (tertiary/aromatic N) is 1. The van der Waals surface area contributed by atoms with E-state index in [1.807, 2.05) is 42.5 Å². The number of aromatic nitrogens is 1. The molecular weight excluding hydrogens is 240 g/mol. The summed E-state index contributed by atoms with van der Waals surface area (Å²) in [7, 11) is 0. The molecule has 3 rings (SSSR count). The van der Waals surface area contributed by atoms with Crippen molar-refractivity contribution in [2.45, 2.75) is 6.92 Å². The lowest BCUT2D eigenvalue weighted by atomic mass is 10.2. The van der Waals surface area contributed by atoms with Gasteiger partial charge in [0.05, 0.1) is 5.69 Å². The first-order chi connectivity index (χ1) is 9.24. The largest absolute Gasteiger partial charge is 0.434 e. The van der Waals surface area contributed by atoms with Gasteiger partial charge in [0.1, 0.15) is 5.52 Å². The zero-order valence-electron chi connectivity index (χ0n) is 10.4. The van der Waals surface area contributed by atoms with Crippen LogP contribution in [-0.2, 0) is 4.79 Å². The van der Waals surface area contributed by atoms with E-state index in [0.29, 0.717) is 17.2 Å². The summed E-state index contributed by atoms with van der Waals surface area (Å²) >= 11 is 0. The van der Waals surface area contributed by atoms with Crippen LogP contribution >= 0.6 is 0 Å². The lowest BCUT2D eigenvalue weighted by Gasteiger charge is -2.00. The van der Waals surface area contributed by atoms with Crippen molar-refractivity contribution < 1.29 is 9.21 Å². The summed E-state index contributed by atoms with van der Waals surface area (Å²) in [5, 5.41) is 2.74. The van der Waals surface area contributed by atoms with Crippen molar-refractivity contribution in [1.82, 2.24) is 4.98 Å². The third-order valence-corrected chi connectivity index (χ3v) is 2.75. The van der Waals surface area contributed by atoms with E-state index in [0.717, 1.165) is 11.1 Å². The van der Waals surface area contributed by atoms with Gasteiger partial charge in [-0.15, -0.1) is 0 Å². The van der Waals surface area contributed by atoms with Gasteiger partial charge in [0.15, 0.2) is 5.58 Å². The van der Waals surface area contributed by atoms with Crippen LogP contribution in [0.3, 0.4) is 0 Å². The molecule has 4 heteroatoms. The van der Waals surface area contributed by atoms with Crippen molar-refractivity contribution in [3.8, 4) is 11.5 Å². The van der Waals surface area contributed by atoms with E-state index in [1.54, 1.807) is 6.07 Å². The maximum atomic E-state index is 11.2. The molecule has 19 heavy (non-hydrogen) atoms. The van der Waals surface area contributed by atoms with Crippen molar-refractivity contribution in [2.75, 3.05) is 5.32 Å². The molecule has 0 radical (unpaired) electrons. The number of fused-ring (bicyclic) bond motifs is 1. The number of amides is 1. The SMILES string of the molecule is CC(=O)Nc1cccc2nc(-c3ccccc3)oc12. The molecule has 1 heterocycles. The van der Waals surface area contributed by atoms with Crippen LogP contribution in [0.15, 0.2) is 52.9 Å². The number of hydrogen-bond acceptors (Lipinski definition) is 3. The zero-order valence-corrected chi connectivity index (χ0v) is 10.4. The minimum atomic E-state index is -0.134. The number of hydrogen-bond donors (Lipinski definition) is 1. The van der Waals surface area contributed by atoms with Gasteiger partial charge >= 0.3 is 0 Å². The second kappa shape index (κ2) is 4.57. The van der Waals surface area contributed by atoms with Gasteiger partial charge in [0.2, 0.25) is 11.8 Å². The number of carbonyl (C=O) groups is 1. The van der Waals surface area contributed by atoms with Crippen molar-refractivity contribution >= 4 is 22.7 Å². The van der Waals surface area contributed by atoms with Crippen molar-refractivity contribution in [3.63, 3.8) is 0 Å². The van der Waals surface area contributed by atoms with Gasteiger partial charge in [-0.25, -0.2) is 4.98 Å². The number of para-hydroxylation sites is 1. The molecule has 0 aliphatic rings. The van der Waals surface area contributed by atoms with E-state index in [-0.39, 0.29) is 5.91 Å². The molecule has 1 amide bonds. The molecule has 94 valence electrons. The highest BCUT2D eigenvalue weighted by atomic mass is 16.3. The zero-order chi connectivity index (χ0) is 13.2. The summed E-state index contributed by atoms with van der Waals surface area (Å²) in [6, 6.07) is 15.2. The van der Waals surface area contributed by atoms with Crippen LogP contribution in [0, 0.1) is 0 Å². The average molecular weight is 252 g/mol. The molecule has 0 atom stereocenters. The number of anilines is 1. The fourth-order valence-corrected chi connectivity index (χ4v) is 1.94. The predicted octanol–water partition coefficient (Wildman–Crippen LogP) is 3.45. The summed E-state index contributed by atoms with van der Waals surface area (Å²) in [6.07, 6.45) is 0. The first-order valence-electron chi connectivity index (χ1n) is 5.96. The van der Waals surface area contributed by atoms with Crippen LogP contribution in [-0.4, -0.2) is 10.9 Å². The molecule has 0 spiro atoms. The van der Waals surface area contributed by atoms with E-state index in [9.17, 15) is 4.79 Å². The molecule has 0 fully saturated rings. The van der Waals surface area contributed by atoms with Crippen LogP contribution in [0.25, 0.3) is 22.6 Å². The van der Waals surface area contributed by atoms with E-state index in [1.165, 1.54) is 6.92 Å². The number of rotatable bonds is 2. The van der Waals surface area contributed by atoms with Crippen molar-refractivity contribution in [3.05, 3.63) is 48.5 Å². The van der Waals surface area contributed by atoms with Gasteiger partial charge in [-0.05, 0) is 24.3 Å². The Hall–Kier alpha value is -2.62. The average Bonchev–Trinajstić information content (AvgIpc) is 2.84. The molecule has 0 aliphatic carbocycles. The van der Waals surface area contributed by atoms with Crippen LogP contribution in [0.2, 0.25) is 0 Å². The summed E-state index contributed by atoms with van der Waals surface area (Å²) in [6.45, 7) is 1.47. The Labute approximate surface area is 110 Å². The molecule has 0 saturated heterocycles. The number of nitrogens with one attached hydrogen (secondary N) is 1. The summed E-state index contributed by atoms with van der Waals surface area (Å²) in [4.78, 5) is 15.6.